The predicted octanol–water partition coefficient (Wildman–Crippen LogP) is 1.57. The first kappa shape index (κ1) is 15.4. The van der Waals surface area contributed by atoms with E-state index in [1.807, 2.05) is 65.8 Å². The molecule has 0 saturated carbocycles. The molecule has 118 valence electrons. The van der Waals surface area contributed by atoms with Crippen molar-refractivity contribution < 1.29 is 9.36 Å². The van der Waals surface area contributed by atoms with Crippen LogP contribution in [0.4, 0.5) is 0 Å². The largest absolute Gasteiger partial charge is 0.350 e. The van der Waals surface area contributed by atoms with Crippen LogP contribution in [0, 0.1) is 0 Å². The minimum atomic E-state index is -0.140. The maximum absolute atomic E-state index is 11.9. The average Bonchev–Trinajstić information content (AvgIpc) is 3.10. The topological polar surface area (TPSA) is 66.1 Å². The summed E-state index contributed by atoms with van der Waals surface area (Å²) < 4.78 is 3.97. The fourth-order valence-corrected chi connectivity index (χ4v) is 3.06. The third-order valence-electron chi connectivity index (χ3n) is 3.52. The molecule has 6 nitrogen and oxygen atoms in total. The first-order valence-corrected chi connectivity index (χ1v) is 8.16. The Labute approximate surface area is 138 Å². The van der Waals surface area contributed by atoms with E-state index in [-0.39, 0.29) is 5.91 Å². The molecule has 0 atom stereocenters. The number of imidazole rings is 1. The molecule has 0 aliphatic heterocycles. The quantitative estimate of drug-likeness (QED) is 0.323. The molecule has 2 heterocycles. The molecule has 2 aromatic heterocycles. The maximum Gasteiger partial charge on any atom is 0.317 e. The van der Waals surface area contributed by atoms with E-state index in [1.54, 1.807) is 6.21 Å². The van der Waals surface area contributed by atoms with Crippen LogP contribution in [0.25, 0.3) is 11.0 Å². The van der Waals surface area contributed by atoms with Crippen LogP contribution in [-0.4, -0.2) is 27.4 Å². The van der Waals surface area contributed by atoms with E-state index < -0.39 is 0 Å². The van der Waals surface area contributed by atoms with Crippen molar-refractivity contribution in [2.24, 2.45) is 19.2 Å². The number of hydrogen-bond acceptors (Lipinski definition) is 3. The van der Waals surface area contributed by atoms with Crippen LogP contribution in [0.3, 0.4) is 0 Å². The second-order valence-electron chi connectivity index (χ2n) is 5.13. The lowest BCUT2D eigenvalue weighted by Gasteiger charge is -1.98. The van der Waals surface area contributed by atoms with E-state index in [9.17, 15) is 4.79 Å². The Morgan fingerprint density at radius 1 is 1.39 bits per heavy atom. The first-order chi connectivity index (χ1) is 11.1. The van der Waals surface area contributed by atoms with Crippen molar-refractivity contribution in [1.82, 2.24) is 15.0 Å². The average molecular weight is 328 g/mol. The van der Waals surface area contributed by atoms with Gasteiger partial charge in [0.05, 0.1) is 24.7 Å². The van der Waals surface area contributed by atoms with E-state index >= 15 is 0 Å². The molecule has 0 fully saturated rings. The van der Waals surface area contributed by atoms with Crippen LogP contribution >= 0.6 is 11.8 Å². The van der Waals surface area contributed by atoms with Gasteiger partial charge in [0, 0.05) is 13.2 Å². The summed E-state index contributed by atoms with van der Waals surface area (Å²) in [6, 6.07) is 11.9. The molecule has 0 aliphatic rings. The number of aromatic nitrogens is 3. The van der Waals surface area contributed by atoms with Gasteiger partial charge in [-0.05, 0) is 36.0 Å². The van der Waals surface area contributed by atoms with E-state index in [0.29, 0.717) is 5.75 Å². The van der Waals surface area contributed by atoms with Crippen molar-refractivity contribution in [3.63, 3.8) is 0 Å². The molecule has 23 heavy (non-hydrogen) atoms. The number of nitrogens with zero attached hydrogens (tertiary/aromatic N) is 3. The zero-order valence-electron chi connectivity index (χ0n) is 13.0. The highest BCUT2D eigenvalue weighted by atomic mass is 32.2. The summed E-state index contributed by atoms with van der Waals surface area (Å²) in [6.07, 6.45) is 3.56. The predicted molar refractivity (Wildman–Crippen MR) is 91.3 cm³/mol. The molecule has 1 amide bonds. The zero-order valence-corrected chi connectivity index (χ0v) is 13.8. The van der Waals surface area contributed by atoms with Crippen LogP contribution in [0.2, 0.25) is 0 Å². The number of H-pyrrole nitrogens is 1. The molecule has 0 unspecified atom stereocenters. The second-order valence-corrected chi connectivity index (χ2v) is 6.10. The fraction of sp³-hybridized carbons (Fsp3) is 0.188. The number of carbonyl (C=O) groups is 1. The summed E-state index contributed by atoms with van der Waals surface area (Å²) in [4.78, 5) is 15.2. The Balaban J connectivity index is 1.57. The van der Waals surface area contributed by atoms with Gasteiger partial charge in [0.25, 0.3) is 5.91 Å². The van der Waals surface area contributed by atoms with Crippen molar-refractivity contribution in [1.29, 1.82) is 0 Å². The third-order valence-corrected chi connectivity index (χ3v) is 4.58. The molecular formula is C16H18N5OS+. The smallest absolute Gasteiger partial charge is 0.317 e. The molecule has 3 rings (SSSR count). The first-order valence-electron chi connectivity index (χ1n) is 7.18. The Kier molecular flexibility index (Phi) is 4.47. The number of benzene rings is 1. The normalized spacial score (nSPS) is 11.4. The molecule has 0 radical (unpaired) electrons. The van der Waals surface area contributed by atoms with Crippen molar-refractivity contribution in [2.45, 2.75) is 5.16 Å². The molecule has 2 N–H and O–H groups in total. The van der Waals surface area contributed by atoms with Crippen LogP contribution in [0.15, 0.2) is 52.9 Å². The lowest BCUT2D eigenvalue weighted by Crippen LogP contribution is -2.30. The summed E-state index contributed by atoms with van der Waals surface area (Å²) in [5.41, 5.74) is 5.64. The Morgan fingerprint density at radius 2 is 2.22 bits per heavy atom. The third kappa shape index (κ3) is 3.45. The summed E-state index contributed by atoms with van der Waals surface area (Å²) in [6.45, 7) is 0. The number of thioether (sulfide) groups is 1. The Bertz CT molecular complexity index is 864. The van der Waals surface area contributed by atoms with Gasteiger partial charge < -0.3 is 4.57 Å². The van der Waals surface area contributed by atoms with Crippen molar-refractivity contribution in [2.75, 3.05) is 5.75 Å². The Hall–Kier alpha value is -2.54. The van der Waals surface area contributed by atoms with Crippen LogP contribution < -0.4 is 9.99 Å². The van der Waals surface area contributed by atoms with Gasteiger partial charge >= 0.3 is 5.16 Å². The standard InChI is InChI=1S/C16H17N5OS/c1-20-9-5-6-12(20)10-17-19-15(22)11-23-16-18-13-7-3-4-8-14(13)21(16)2/h3-10H,11H2,1-2H3,(H,19,22)/p+1. The number of aromatic amines is 1. The number of aryl methyl sites for hydroxylation is 2. The van der Waals surface area contributed by atoms with Gasteiger partial charge in [0.1, 0.15) is 0 Å². The van der Waals surface area contributed by atoms with Crippen LogP contribution in [0.5, 0.6) is 0 Å². The van der Waals surface area contributed by atoms with E-state index in [0.717, 1.165) is 21.9 Å². The number of hydrogen-bond donors (Lipinski definition) is 2. The van der Waals surface area contributed by atoms with Crippen molar-refractivity contribution in [3.8, 4) is 0 Å². The van der Waals surface area contributed by atoms with Gasteiger partial charge in [-0.15, -0.1) is 0 Å². The molecule has 1 aromatic carbocycles. The van der Waals surface area contributed by atoms with Crippen LogP contribution in [0.1, 0.15) is 5.69 Å². The molecule has 0 spiro atoms. The summed E-state index contributed by atoms with van der Waals surface area (Å²) >= 11 is 1.45. The highest BCUT2D eigenvalue weighted by molar-refractivity contribution is 7.99. The van der Waals surface area contributed by atoms with Gasteiger partial charge in [-0.3, -0.25) is 4.79 Å². The second kappa shape index (κ2) is 6.70. The summed E-state index contributed by atoms with van der Waals surface area (Å²) in [5.74, 6) is 0.157. The SMILES string of the molecule is Cn1cccc1C=NNC(=O)CSc1[nH]c2ccccc2[n+]1C. The minimum Gasteiger partial charge on any atom is -0.350 e. The van der Waals surface area contributed by atoms with Crippen LogP contribution in [-0.2, 0) is 18.9 Å². The van der Waals surface area contributed by atoms with Gasteiger partial charge in [-0.1, -0.05) is 12.1 Å². The summed E-state index contributed by atoms with van der Waals surface area (Å²) in [5, 5.41) is 4.91. The summed E-state index contributed by atoms with van der Waals surface area (Å²) in [7, 11) is 3.90. The Morgan fingerprint density at radius 3 is 2.96 bits per heavy atom. The van der Waals surface area contributed by atoms with Gasteiger partial charge in [0.2, 0.25) is 0 Å². The van der Waals surface area contributed by atoms with Gasteiger partial charge in [-0.2, -0.15) is 5.10 Å². The minimum absolute atomic E-state index is 0.140. The number of para-hydroxylation sites is 2. The molecule has 0 aliphatic carbocycles. The molecule has 0 bridgehead atoms. The van der Waals surface area contributed by atoms with E-state index in [2.05, 4.69) is 15.5 Å². The highest BCUT2D eigenvalue weighted by Crippen LogP contribution is 2.16. The monoisotopic (exact) mass is 328 g/mol. The lowest BCUT2D eigenvalue weighted by molar-refractivity contribution is -0.683. The van der Waals surface area contributed by atoms with Gasteiger partial charge in [0.15, 0.2) is 11.0 Å². The van der Waals surface area contributed by atoms with E-state index in [1.165, 1.54) is 11.8 Å². The van der Waals surface area contributed by atoms with Crippen molar-refractivity contribution >= 4 is 34.9 Å². The van der Waals surface area contributed by atoms with Gasteiger partial charge in [-0.25, -0.2) is 15.0 Å². The van der Waals surface area contributed by atoms with E-state index in [4.69, 9.17) is 0 Å². The molecule has 0 saturated heterocycles. The maximum atomic E-state index is 11.9. The molecular weight excluding hydrogens is 310 g/mol. The van der Waals surface area contributed by atoms with Crippen molar-refractivity contribution in [3.05, 3.63) is 48.3 Å². The number of carbonyl (C=O) groups excluding carboxylic acids is 1. The number of fused-ring (bicyclic) bond motifs is 1. The zero-order chi connectivity index (χ0) is 16.2. The number of nitrogens with one attached hydrogen (secondary N) is 2. The fourth-order valence-electron chi connectivity index (χ4n) is 2.26. The number of rotatable bonds is 5. The number of hydrazone groups is 1. The lowest BCUT2D eigenvalue weighted by atomic mass is 10.3. The molecule has 7 heteroatoms. The molecule has 3 aromatic rings. The highest BCUT2D eigenvalue weighted by Gasteiger charge is 2.16. The number of amides is 1.